The molecular formula is C23H19N3O5. The zero-order valence-electron chi connectivity index (χ0n) is 16.8. The van der Waals surface area contributed by atoms with E-state index < -0.39 is 11.2 Å². The highest BCUT2D eigenvalue weighted by atomic mass is 16.6. The number of aromatic nitrogens is 3. The first-order chi connectivity index (χ1) is 15.1. The van der Waals surface area contributed by atoms with E-state index in [4.69, 9.17) is 14.2 Å². The van der Waals surface area contributed by atoms with Crippen molar-refractivity contribution in [3.8, 4) is 28.4 Å². The van der Waals surface area contributed by atoms with Gasteiger partial charge in [0, 0.05) is 6.20 Å². The summed E-state index contributed by atoms with van der Waals surface area (Å²) >= 11 is 0. The summed E-state index contributed by atoms with van der Waals surface area (Å²) < 4.78 is 18.0. The molecule has 0 amide bonds. The number of pyridine rings is 1. The first-order valence-corrected chi connectivity index (χ1v) is 9.79. The van der Waals surface area contributed by atoms with Crippen LogP contribution in [0.3, 0.4) is 0 Å². The van der Waals surface area contributed by atoms with Crippen LogP contribution in [-0.2, 0) is 6.54 Å². The maximum absolute atomic E-state index is 12.8. The van der Waals surface area contributed by atoms with Gasteiger partial charge < -0.3 is 14.2 Å². The lowest BCUT2D eigenvalue weighted by Crippen LogP contribution is -2.31. The second-order valence-electron chi connectivity index (χ2n) is 7.11. The van der Waals surface area contributed by atoms with Gasteiger partial charge in [-0.15, -0.1) is 0 Å². The molecule has 156 valence electrons. The van der Waals surface area contributed by atoms with Gasteiger partial charge in [0.15, 0.2) is 11.5 Å². The fourth-order valence-corrected chi connectivity index (χ4v) is 3.75. The van der Waals surface area contributed by atoms with Crippen LogP contribution in [0.15, 0.2) is 64.3 Å². The number of H-pyrrole nitrogens is 1. The van der Waals surface area contributed by atoms with Gasteiger partial charge in [0.1, 0.15) is 24.6 Å². The molecule has 8 heteroatoms. The van der Waals surface area contributed by atoms with Crippen molar-refractivity contribution >= 4 is 11.0 Å². The maximum atomic E-state index is 12.8. The van der Waals surface area contributed by atoms with Crippen molar-refractivity contribution < 1.29 is 14.2 Å². The topological polar surface area (TPSA) is 95.4 Å². The molecule has 3 heterocycles. The smallest absolute Gasteiger partial charge is 0.330 e. The van der Waals surface area contributed by atoms with Gasteiger partial charge in [-0.2, -0.15) is 0 Å². The number of hydrogen-bond donors (Lipinski definition) is 1. The second-order valence-corrected chi connectivity index (χ2v) is 7.11. The Bertz CT molecular complexity index is 1410. The lowest BCUT2D eigenvalue weighted by molar-refractivity contribution is 0.171. The van der Waals surface area contributed by atoms with Gasteiger partial charge in [0.2, 0.25) is 0 Å². The van der Waals surface area contributed by atoms with Crippen LogP contribution in [0.4, 0.5) is 0 Å². The van der Waals surface area contributed by atoms with Crippen molar-refractivity contribution in [2.24, 2.45) is 0 Å². The maximum Gasteiger partial charge on any atom is 0.330 e. The van der Waals surface area contributed by atoms with Crippen LogP contribution >= 0.6 is 0 Å². The average molecular weight is 417 g/mol. The highest BCUT2D eigenvalue weighted by Gasteiger charge is 2.16. The molecule has 8 nitrogen and oxygen atoms in total. The quantitative estimate of drug-likeness (QED) is 0.548. The lowest BCUT2D eigenvalue weighted by atomic mass is 10.0. The number of methoxy groups -OCH3 is 1. The molecule has 1 N–H and O–H groups in total. The van der Waals surface area contributed by atoms with Crippen LogP contribution in [0.1, 0.15) is 5.56 Å². The Hall–Kier alpha value is -4.07. The first kappa shape index (κ1) is 18.9. The molecule has 0 radical (unpaired) electrons. The van der Waals surface area contributed by atoms with Gasteiger partial charge in [-0.3, -0.25) is 14.3 Å². The summed E-state index contributed by atoms with van der Waals surface area (Å²) in [6, 6.07) is 14.7. The number of nitrogens with one attached hydrogen (secondary N) is 1. The number of hydrogen-bond acceptors (Lipinski definition) is 6. The van der Waals surface area contributed by atoms with Crippen LogP contribution in [-0.4, -0.2) is 34.9 Å². The van der Waals surface area contributed by atoms with E-state index in [-0.39, 0.29) is 6.54 Å². The molecule has 0 aliphatic carbocycles. The summed E-state index contributed by atoms with van der Waals surface area (Å²) in [5, 5.41) is 0.341. The Kier molecular flexibility index (Phi) is 4.66. The molecular weight excluding hydrogens is 398 g/mol. The Balaban J connectivity index is 1.66. The third-order valence-corrected chi connectivity index (χ3v) is 5.21. The van der Waals surface area contributed by atoms with Crippen molar-refractivity contribution in [3.63, 3.8) is 0 Å². The van der Waals surface area contributed by atoms with Crippen molar-refractivity contribution in [2.45, 2.75) is 6.54 Å². The van der Waals surface area contributed by atoms with E-state index in [2.05, 4.69) is 9.97 Å². The van der Waals surface area contributed by atoms with E-state index in [0.29, 0.717) is 47.1 Å². The van der Waals surface area contributed by atoms with Gasteiger partial charge in [0.05, 0.1) is 19.0 Å². The van der Waals surface area contributed by atoms with Crippen LogP contribution in [0.25, 0.3) is 22.2 Å². The summed E-state index contributed by atoms with van der Waals surface area (Å²) in [7, 11) is 1.58. The van der Waals surface area contributed by atoms with E-state index in [0.717, 1.165) is 11.1 Å². The standard InChI is InChI=1S/C23H19N3O5/c1-29-16-4-2-3-15(12-16)17-7-8-24-21-20(17)22(27)25-23(28)26(21)13-14-5-6-18-19(11-14)31-10-9-30-18/h2-8,11-12H,9-10,13H2,1H3,(H,25,27,28). The molecule has 31 heavy (non-hydrogen) atoms. The average Bonchev–Trinajstić information content (AvgIpc) is 2.81. The van der Waals surface area contributed by atoms with Crippen molar-refractivity contribution in [1.82, 2.24) is 14.5 Å². The first-order valence-electron chi connectivity index (χ1n) is 9.79. The van der Waals surface area contributed by atoms with Crippen LogP contribution in [0.5, 0.6) is 17.2 Å². The molecule has 2 aromatic heterocycles. The van der Waals surface area contributed by atoms with Crippen molar-refractivity contribution in [1.29, 1.82) is 0 Å². The number of ether oxygens (including phenoxy) is 3. The fourth-order valence-electron chi connectivity index (χ4n) is 3.75. The van der Waals surface area contributed by atoms with E-state index in [1.54, 1.807) is 19.4 Å². The minimum Gasteiger partial charge on any atom is -0.497 e. The minimum atomic E-state index is -0.525. The molecule has 0 bridgehead atoms. The summed E-state index contributed by atoms with van der Waals surface area (Å²) in [5.74, 6) is 1.98. The van der Waals surface area contributed by atoms with Gasteiger partial charge in [-0.05, 0) is 47.0 Å². The number of fused-ring (bicyclic) bond motifs is 2. The van der Waals surface area contributed by atoms with Gasteiger partial charge in [-0.1, -0.05) is 18.2 Å². The van der Waals surface area contributed by atoms with Crippen molar-refractivity contribution in [3.05, 3.63) is 81.1 Å². The van der Waals surface area contributed by atoms with Crippen LogP contribution in [0.2, 0.25) is 0 Å². The largest absolute Gasteiger partial charge is 0.497 e. The highest BCUT2D eigenvalue weighted by molar-refractivity contribution is 5.92. The molecule has 0 spiro atoms. The fraction of sp³-hybridized carbons (Fsp3) is 0.174. The van der Waals surface area contributed by atoms with Crippen LogP contribution < -0.4 is 25.5 Å². The Morgan fingerprint density at radius 3 is 2.74 bits per heavy atom. The van der Waals surface area contributed by atoms with Gasteiger partial charge in [-0.25, -0.2) is 9.78 Å². The third kappa shape index (κ3) is 3.42. The Morgan fingerprint density at radius 2 is 1.90 bits per heavy atom. The molecule has 0 unspecified atom stereocenters. The second kappa shape index (κ2) is 7.64. The SMILES string of the molecule is COc1cccc(-c2ccnc3c2c(=O)[nH]c(=O)n3Cc2ccc3c(c2)OCCO3)c1. The molecule has 0 atom stereocenters. The van der Waals surface area contributed by atoms with Gasteiger partial charge in [0.25, 0.3) is 5.56 Å². The Morgan fingerprint density at radius 1 is 1.06 bits per heavy atom. The van der Waals surface area contributed by atoms with E-state index in [1.807, 2.05) is 42.5 Å². The molecule has 0 saturated carbocycles. The lowest BCUT2D eigenvalue weighted by Gasteiger charge is -2.19. The molecule has 0 fully saturated rings. The molecule has 2 aromatic carbocycles. The highest BCUT2D eigenvalue weighted by Crippen LogP contribution is 2.31. The number of rotatable bonds is 4. The predicted octanol–water partition coefficient (Wildman–Crippen LogP) is 2.58. The molecule has 1 aliphatic rings. The minimum absolute atomic E-state index is 0.220. The zero-order valence-corrected chi connectivity index (χ0v) is 16.8. The summed E-state index contributed by atoms with van der Waals surface area (Å²) in [5.41, 5.74) is 1.59. The normalized spacial score (nSPS) is 12.7. The van der Waals surface area contributed by atoms with Crippen molar-refractivity contribution in [2.75, 3.05) is 20.3 Å². The van der Waals surface area contributed by atoms with E-state index in [9.17, 15) is 9.59 Å². The monoisotopic (exact) mass is 417 g/mol. The summed E-state index contributed by atoms with van der Waals surface area (Å²) in [4.78, 5) is 32.3. The number of nitrogens with zero attached hydrogens (tertiary/aromatic N) is 2. The molecule has 5 rings (SSSR count). The van der Waals surface area contributed by atoms with E-state index >= 15 is 0 Å². The summed E-state index contributed by atoms with van der Waals surface area (Å²) in [6.45, 7) is 1.20. The predicted molar refractivity (Wildman–Crippen MR) is 115 cm³/mol. The Labute approximate surface area is 176 Å². The molecule has 1 aliphatic heterocycles. The third-order valence-electron chi connectivity index (χ3n) is 5.21. The molecule has 0 saturated heterocycles. The van der Waals surface area contributed by atoms with Crippen LogP contribution in [0, 0.1) is 0 Å². The molecule has 4 aromatic rings. The van der Waals surface area contributed by atoms with E-state index in [1.165, 1.54) is 4.57 Å². The summed E-state index contributed by atoms with van der Waals surface area (Å²) in [6.07, 6.45) is 1.59. The zero-order chi connectivity index (χ0) is 21.4. The van der Waals surface area contributed by atoms with Gasteiger partial charge >= 0.3 is 5.69 Å². The number of benzene rings is 2. The number of aromatic amines is 1.